The van der Waals surface area contributed by atoms with Crippen molar-refractivity contribution < 1.29 is 4.79 Å². The van der Waals surface area contributed by atoms with Gasteiger partial charge in [0.25, 0.3) is 5.91 Å². The molecule has 0 atom stereocenters. The van der Waals surface area contributed by atoms with E-state index in [1.807, 2.05) is 9.80 Å². The molecule has 0 unspecified atom stereocenters. The van der Waals surface area contributed by atoms with Crippen molar-refractivity contribution in [2.75, 3.05) is 32.7 Å². The molecule has 0 aromatic rings. The number of hydrogen-bond acceptors (Lipinski definition) is 5. The second kappa shape index (κ2) is 10.6. The van der Waals surface area contributed by atoms with Crippen LogP contribution >= 0.6 is 0 Å². The number of hydrogen-bond donors (Lipinski definition) is 2. The van der Waals surface area contributed by atoms with Gasteiger partial charge >= 0.3 is 0 Å². The van der Waals surface area contributed by atoms with Crippen molar-refractivity contribution in [2.45, 2.75) is 46.5 Å². The summed E-state index contributed by atoms with van der Waals surface area (Å²) in [6.07, 6.45) is 14.7. The minimum Gasteiger partial charge on any atom is -0.394 e. The summed E-state index contributed by atoms with van der Waals surface area (Å²) in [5.41, 5.74) is 17.4. The van der Waals surface area contributed by atoms with Gasteiger partial charge in [-0.2, -0.15) is 0 Å². The summed E-state index contributed by atoms with van der Waals surface area (Å²) in [4.78, 5) is 19.0. The fourth-order valence-electron chi connectivity index (χ4n) is 4.55. The van der Waals surface area contributed by atoms with Crippen LogP contribution in [0.1, 0.15) is 46.5 Å². The number of piperazine rings is 1. The highest BCUT2D eigenvalue weighted by molar-refractivity contribution is 5.92. The summed E-state index contributed by atoms with van der Waals surface area (Å²) in [6.45, 7) is 14.2. The maximum Gasteiger partial charge on any atom is 0.269 e. The molecular weight excluding hydrogens is 398 g/mol. The van der Waals surface area contributed by atoms with Crippen molar-refractivity contribution in [1.82, 2.24) is 14.7 Å². The maximum atomic E-state index is 12.8. The SMILES string of the molecule is C=C1CCCN1/C(N)=C/C=C(\N)C(=O)N1CCN(C(=C\C)/C(C)=C\C(=C/C)C2CC2)CC1. The second-order valence-corrected chi connectivity index (χ2v) is 8.88. The van der Waals surface area contributed by atoms with Gasteiger partial charge < -0.3 is 26.2 Å². The van der Waals surface area contributed by atoms with E-state index in [2.05, 4.69) is 50.5 Å². The van der Waals surface area contributed by atoms with Crippen LogP contribution in [0, 0.1) is 5.92 Å². The number of rotatable bonds is 7. The van der Waals surface area contributed by atoms with Gasteiger partial charge in [-0.1, -0.05) is 24.8 Å². The Labute approximate surface area is 193 Å². The van der Waals surface area contributed by atoms with Crippen LogP contribution in [-0.4, -0.2) is 53.3 Å². The van der Waals surface area contributed by atoms with Gasteiger partial charge in [-0.25, -0.2) is 0 Å². The molecule has 0 aromatic carbocycles. The second-order valence-electron chi connectivity index (χ2n) is 8.88. The van der Waals surface area contributed by atoms with Crippen LogP contribution in [0.15, 0.2) is 71.0 Å². The highest BCUT2D eigenvalue weighted by Gasteiger charge is 2.26. The molecule has 0 aromatic heterocycles. The van der Waals surface area contributed by atoms with Crippen molar-refractivity contribution in [1.29, 1.82) is 0 Å². The Kier molecular flexibility index (Phi) is 7.89. The summed E-state index contributed by atoms with van der Waals surface area (Å²) in [5, 5.41) is 0. The third kappa shape index (κ3) is 5.67. The number of carbonyl (C=O) groups is 1. The van der Waals surface area contributed by atoms with E-state index in [0.717, 1.165) is 44.1 Å². The molecule has 3 rings (SSSR count). The summed E-state index contributed by atoms with van der Waals surface area (Å²) in [7, 11) is 0. The van der Waals surface area contributed by atoms with Crippen LogP contribution in [0.3, 0.4) is 0 Å². The van der Waals surface area contributed by atoms with Gasteiger partial charge in [0.2, 0.25) is 0 Å². The Hall–Kier alpha value is -2.89. The van der Waals surface area contributed by atoms with Gasteiger partial charge in [0.05, 0.1) is 5.70 Å². The summed E-state index contributed by atoms with van der Waals surface area (Å²) >= 11 is 0. The topological polar surface area (TPSA) is 78.8 Å². The van der Waals surface area contributed by atoms with E-state index in [-0.39, 0.29) is 11.6 Å². The lowest BCUT2D eigenvalue weighted by Gasteiger charge is -2.37. The van der Waals surface area contributed by atoms with Crippen molar-refractivity contribution in [3.05, 3.63) is 71.0 Å². The molecule has 2 heterocycles. The predicted octanol–water partition coefficient (Wildman–Crippen LogP) is 3.59. The smallest absolute Gasteiger partial charge is 0.269 e. The highest BCUT2D eigenvalue weighted by atomic mass is 16.2. The molecule has 6 heteroatoms. The first-order valence-corrected chi connectivity index (χ1v) is 11.8. The summed E-state index contributed by atoms with van der Waals surface area (Å²) < 4.78 is 0. The molecule has 2 aliphatic heterocycles. The van der Waals surface area contributed by atoms with E-state index < -0.39 is 0 Å². The fourth-order valence-corrected chi connectivity index (χ4v) is 4.55. The number of nitrogens with two attached hydrogens (primary N) is 2. The predicted molar refractivity (Wildman–Crippen MR) is 132 cm³/mol. The van der Waals surface area contributed by atoms with Crippen molar-refractivity contribution in [2.24, 2.45) is 17.4 Å². The number of allylic oxidation sites excluding steroid dienone is 8. The van der Waals surface area contributed by atoms with E-state index in [1.54, 1.807) is 12.2 Å². The molecule has 32 heavy (non-hydrogen) atoms. The third-order valence-corrected chi connectivity index (χ3v) is 6.57. The molecule has 1 saturated carbocycles. The number of amides is 1. The molecule has 4 N–H and O–H groups in total. The summed E-state index contributed by atoms with van der Waals surface area (Å²) in [6, 6.07) is 0. The maximum absolute atomic E-state index is 12.8. The molecule has 6 nitrogen and oxygen atoms in total. The van der Waals surface area contributed by atoms with Crippen molar-refractivity contribution in [3.63, 3.8) is 0 Å². The van der Waals surface area contributed by atoms with Gasteiger partial charge in [0.1, 0.15) is 5.82 Å². The minimum atomic E-state index is -0.131. The zero-order valence-corrected chi connectivity index (χ0v) is 19.9. The van der Waals surface area contributed by atoms with Gasteiger partial charge in [-0.3, -0.25) is 4.79 Å². The van der Waals surface area contributed by atoms with Crippen LogP contribution < -0.4 is 11.5 Å². The molecule has 0 spiro atoms. The first-order chi connectivity index (χ1) is 15.3. The van der Waals surface area contributed by atoms with Crippen LogP contribution in [0.5, 0.6) is 0 Å². The van der Waals surface area contributed by atoms with E-state index in [1.165, 1.54) is 29.7 Å². The fraction of sp³-hybridized carbons (Fsp3) is 0.500. The molecular formula is C26H39N5O. The average Bonchev–Trinajstić information content (AvgIpc) is 3.55. The van der Waals surface area contributed by atoms with Crippen LogP contribution in [0.2, 0.25) is 0 Å². The Bertz CT molecular complexity index is 880. The lowest BCUT2D eigenvalue weighted by atomic mass is 10.0. The Morgan fingerprint density at radius 1 is 1.00 bits per heavy atom. The lowest BCUT2D eigenvalue weighted by Crippen LogP contribution is -2.49. The molecule has 2 saturated heterocycles. The van der Waals surface area contributed by atoms with E-state index in [4.69, 9.17) is 11.5 Å². The third-order valence-electron chi connectivity index (χ3n) is 6.57. The highest BCUT2D eigenvalue weighted by Crippen LogP contribution is 2.38. The largest absolute Gasteiger partial charge is 0.394 e. The zero-order chi connectivity index (χ0) is 23.3. The molecule has 0 bridgehead atoms. The minimum absolute atomic E-state index is 0.131. The lowest BCUT2D eigenvalue weighted by molar-refractivity contribution is -0.128. The van der Waals surface area contributed by atoms with E-state index in [9.17, 15) is 4.79 Å². The van der Waals surface area contributed by atoms with E-state index >= 15 is 0 Å². The normalized spacial score (nSPS) is 22.2. The van der Waals surface area contributed by atoms with Crippen LogP contribution in [-0.2, 0) is 4.79 Å². The molecule has 3 aliphatic rings. The Morgan fingerprint density at radius 2 is 1.66 bits per heavy atom. The summed E-state index contributed by atoms with van der Waals surface area (Å²) in [5.74, 6) is 1.19. The first kappa shape index (κ1) is 23.8. The van der Waals surface area contributed by atoms with Crippen molar-refractivity contribution in [3.8, 4) is 0 Å². The molecule has 3 fully saturated rings. The molecule has 1 aliphatic carbocycles. The monoisotopic (exact) mass is 437 g/mol. The standard InChI is InChI=1S/C26H39N5O/c1-5-21(22-9-10-22)18-19(3)24(6-2)29-14-16-30(17-15-29)26(32)23(27)11-12-25(28)31-13-7-8-20(31)4/h5-6,11-12,18,22H,4,7-10,13-17,27-28H2,1-3H3/b19-18-,21-5+,23-11-,24-6-,25-12+. The van der Waals surface area contributed by atoms with E-state index in [0.29, 0.717) is 18.9 Å². The van der Waals surface area contributed by atoms with Crippen LogP contribution in [0.4, 0.5) is 0 Å². The molecule has 174 valence electrons. The molecule has 1 amide bonds. The Balaban J connectivity index is 1.57. The van der Waals surface area contributed by atoms with Gasteiger partial charge in [0.15, 0.2) is 0 Å². The van der Waals surface area contributed by atoms with Gasteiger partial charge in [-0.15, -0.1) is 0 Å². The first-order valence-electron chi connectivity index (χ1n) is 11.8. The Morgan fingerprint density at radius 3 is 2.19 bits per heavy atom. The quantitative estimate of drug-likeness (QED) is 0.470. The number of carbonyl (C=O) groups excluding carboxylic acids is 1. The number of nitrogens with zero attached hydrogens (tertiary/aromatic N) is 3. The zero-order valence-electron chi connectivity index (χ0n) is 19.9. The number of likely N-dealkylation sites (tertiary alicyclic amines) is 1. The van der Waals surface area contributed by atoms with Crippen molar-refractivity contribution >= 4 is 5.91 Å². The van der Waals surface area contributed by atoms with Crippen LogP contribution in [0.25, 0.3) is 0 Å². The van der Waals surface area contributed by atoms with Gasteiger partial charge in [-0.05, 0) is 75.7 Å². The average molecular weight is 438 g/mol. The van der Waals surface area contributed by atoms with Gasteiger partial charge in [0, 0.05) is 44.1 Å². The molecule has 0 radical (unpaired) electrons.